The second-order valence-electron chi connectivity index (χ2n) is 5.55. The molecule has 0 aliphatic heterocycles. The van der Waals surface area contributed by atoms with Gasteiger partial charge in [-0.05, 0) is 31.9 Å². The second kappa shape index (κ2) is 6.77. The summed E-state index contributed by atoms with van der Waals surface area (Å²) in [5.74, 6) is 0. The normalized spacial score (nSPS) is 13.6. The summed E-state index contributed by atoms with van der Waals surface area (Å²) in [6, 6.07) is 11.0. The lowest BCUT2D eigenvalue weighted by Gasteiger charge is -2.25. The van der Waals surface area contributed by atoms with Gasteiger partial charge in [0.15, 0.2) is 0 Å². The van der Waals surface area contributed by atoms with Gasteiger partial charge in [-0.1, -0.05) is 44.2 Å². The van der Waals surface area contributed by atoms with E-state index in [-0.39, 0.29) is 5.41 Å². The molecular weight excluding hydrogens is 208 g/mol. The Labute approximate surface area is 106 Å². The van der Waals surface area contributed by atoms with Crippen LogP contribution >= 0.6 is 0 Å². The van der Waals surface area contributed by atoms with E-state index in [0.717, 1.165) is 25.9 Å². The number of nitrogens with one attached hydrogen (secondary N) is 1. The highest BCUT2D eigenvalue weighted by Crippen LogP contribution is 2.21. The third-order valence-corrected chi connectivity index (χ3v) is 3.14. The minimum absolute atomic E-state index is 0.190. The molecular formula is C15H26N2. The van der Waals surface area contributed by atoms with Crippen molar-refractivity contribution < 1.29 is 0 Å². The molecule has 2 heteroatoms. The first-order valence-electron chi connectivity index (χ1n) is 6.54. The zero-order chi connectivity index (χ0) is 12.7. The van der Waals surface area contributed by atoms with E-state index < -0.39 is 0 Å². The molecule has 0 aliphatic carbocycles. The molecule has 0 bridgehead atoms. The first-order valence-corrected chi connectivity index (χ1v) is 6.54. The third kappa shape index (κ3) is 5.33. The van der Waals surface area contributed by atoms with E-state index in [0.29, 0.717) is 6.04 Å². The molecule has 17 heavy (non-hydrogen) atoms. The van der Waals surface area contributed by atoms with Crippen molar-refractivity contribution in [3.05, 3.63) is 35.9 Å². The van der Waals surface area contributed by atoms with Gasteiger partial charge in [-0.15, -0.1) is 0 Å². The molecule has 1 aromatic rings. The monoisotopic (exact) mass is 234 g/mol. The summed E-state index contributed by atoms with van der Waals surface area (Å²) < 4.78 is 0. The zero-order valence-corrected chi connectivity index (χ0v) is 11.4. The fraction of sp³-hybridized carbons (Fsp3) is 0.600. The number of hydrogen-bond acceptors (Lipinski definition) is 2. The Bertz CT molecular complexity index is 304. The van der Waals surface area contributed by atoms with Crippen molar-refractivity contribution in [3.8, 4) is 0 Å². The Balaban J connectivity index is 2.30. The fourth-order valence-electron chi connectivity index (χ4n) is 1.94. The van der Waals surface area contributed by atoms with Crippen molar-refractivity contribution in [3.63, 3.8) is 0 Å². The maximum Gasteiger partial charge on any atom is 0.00431 e. The first-order chi connectivity index (χ1) is 8.02. The summed E-state index contributed by atoms with van der Waals surface area (Å²) in [6.45, 7) is 8.68. The standard InChI is InChI=1S/C15H26N2/c1-13(16)8-7-11-17-12-15(2,3)14-9-5-4-6-10-14/h4-6,9-10,13,17H,7-8,11-12,16H2,1-3H3. The highest BCUT2D eigenvalue weighted by molar-refractivity contribution is 5.23. The largest absolute Gasteiger partial charge is 0.328 e. The average molecular weight is 234 g/mol. The van der Waals surface area contributed by atoms with Crippen molar-refractivity contribution in [1.29, 1.82) is 0 Å². The molecule has 1 atom stereocenters. The SMILES string of the molecule is CC(N)CCCNCC(C)(C)c1ccccc1. The van der Waals surface area contributed by atoms with E-state index in [2.05, 4.69) is 56.4 Å². The summed E-state index contributed by atoms with van der Waals surface area (Å²) >= 11 is 0. The Kier molecular flexibility index (Phi) is 5.66. The van der Waals surface area contributed by atoms with Gasteiger partial charge in [0.05, 0.1) is 0 Å². The van der Waals surface area contributed by atoms with Crippen molar-refractivity contribution in [2.75, 3.05) is 13.1 Å². The van der Waals surface area contributed by atoms with Gasteiger partial charge in [-0.2, -0.15) is 0 Å². The first kappa shape index (κ1) is 14.2. The molecule has 0 radical (unpaired) electrons. The van der Waals surface area contributed by atoms with E-state index in [1.165, 1.54) is 5.56 Å². The van der Waals surface area contributed by atoms with Crippen LogP contribution in [0.5, 0.6) is 0 Å². The molecule has 2 nitrogen and oxygen atoms in total. The molecule has 0 saturated heterocycles. The molecule has 0 aromatic heterocycles. The topological polar surface area (TPSA) is 38.0 Å². The minimum Gasteiger partial charge on any atom is -0.328 e. The van der Waals surface area contributed by atoms with Crippen LogP contribution in [0.25, 0.3) is 0 Å². The Morgan fingerprint density at radius 3 is 2.47 bits per heavy atom. The summed E-state index contributed by atoms with van der Waals surface area (Å²) in [5, 5.41) is 3.52. The summed E-state index contributed by atoms with van der Waals surface area (Å²) in [6.07, 6.45) is 2.25. The van der Waals surface area contributed by atoms with Gasteiger partial charge >= 0.3 is 0 Å². The van der Waals surface area contributed by atoms with Crippen molar-refractivity contribution >= 4 is 0 Å². The van der Waals surface area contributed by atoms with E-state index in [4.69, 9.17) is 5.73 Å². The van der Waals surface area contributed by atoms with Gasteiger partial charge in [0.1, 0.15) is 0 Å². The predicted molar refractivity (Wildman–Crippen MR) is 75.2 cm³/mol. The number of rotatable bonds is 7. The summed E-state index contributed by atoms with van der Waals surface area (Å²) in [5.41, 5.74) is 7.30. The number of hydrogen-bond donors (Lipinski definition) is 2. The van der Waals surface area contributed by atoms with E-state index in [9.17, 15) is 0 Å². The lowest BCUT2D eigenvalue weighted by atomic mass is 9.84. The molecule has 0 spiro atoms. The molecule has 3 N–H and O–H groups in total. The maximum absolute atomic E-state index is 5.72. The highest BCUT2D eigenvalue weighted by Gasteiger charge is 2.19. The Hall–Kier alpha value is -0.860. The molecule has 1 aromatic carbocycles. The van der Waals surface area contributed by atoms with Crippen LogP contribution in [0.1, 0.15) is 39.2 Å². The maximum atomic E-state index is 5.72. The van der Waals surface area contributed by atoms with Crippen molar-refractivity contribution in [2.24, 2.45) is 5.73 Å². The molecule has 0 saturated carbocycles. The van der Waals surface area contributed by atoms with Gasteiger partial charge in [0.2, 0.25) is 0 Å². The molecule has 0 aliphatic rings. The van der Waals surface area contributed by atoms with Crippen LogP contribution in [-0.2, 0) is 5.41 Å². The quantitative estimate of drug-likeness (QED) is 0.712. The smallest absolute Gasteiger partial charge is 0.00431 e. The van der Waals surface area contributed by atoms with Crippen LogP contribution < -0.4 is 11.1 Å². The van der Waals surface area contributed by atoms with Crippen LogP contribution in [0.15, 0.2) is 30.3 Å². The zero-order valence-electron chi connectivity index (χ0n) is 11.4. The predicted octanol–water partition coefficient (Wildman–Crippen LogP) is 2.68. The van der Waals surface area contributed by atoms with Crippen LogP contribution in [0, 0.1) is 0 Å². The second-order valence-corrected chi connectivity index (χ2v) is 5.55. The van der Waals surface area contributed by atoms with Crippen molar-refractivity contribution in [1.82, 2.24) is 5.32 Å². The lowest BCUT2D eigenvalue weighted by Crippen LogP contribution is -2.33. The van der Waals surface area contributed by atoms with Gasteiger partial charge in [0, 0.05) is 18.0 Å². The van der Waals surface area contributed by atoms with Gasteiger partial charge in [-0.3, -0.25) is 0 Å². The van der Waals surface area contributed by atoms with E-state index in [1.807, 2.05) is 0 Å². The van der Waals surface area contributed by atoms with Crippen LogP contribution in [0.4, 0.5) is 0 Å². The molecule has 96 valence electrons. The minimum atomic E-state index is 0.190. The molecule has 0 fully saturated rings. The third-order valence-electron chi connectivity index (χ3n) is 3.14. The fourth-order valence-corrected chi connectivity index (χ4v) is 1.94. The van der Waals surface area contributed by atoms with Crippen molar-refractivity contribution in [2.45, 2.75) is 45.1 Å². The molecule has 1 rings (SSSR count). The molecule has 0 heterocycles. The average Bonchev–Trinajstić information content (AvgIpc) is 2.29. The van der Waals surface area contributed by atoms with Crippen LogP contribution in [-0.4, -0.2) is 19.1 Å². The van der Waals surface area contributed by atoms with Gasteiger partial charge in [-0.25, -0.2) is 0 Å². The van der Waals surface area contributed by atoms with Crippen LogP contribution in [0.2, 0.25) is 0 Å². The van der Waals surface area contributed by atoms with Crippen LogP contribution in [0.3, 0.4) is 0 Å². The number of benzene rings is 1. The molecule has 1 unspecified atom stereocenters. The Morgan fingerprint density at radius 2 is 1.88 bits per heavy atom. The summed E-state index contributed by atoms with van der Waals surface area (Å²) in [4.78, 5) is 0. The van der Waals surface area contributed by atoms with E-state index in [1.54, 1.807) is 0 Å². The van der Waals surface area contributed by atoms with E-state index >= 15 is 0 Å². The Morgan fingerprint density at radius 1 is 1.24 bits per heavy atom. The number of nitrogens with two attached hydrogens (primary N) is 1. The molecule has 0 amide bonds. The highest BCUT2D eigenvalue weighted by atomic mass is 14.9. The van der Waals surface area contributed by atoms with Gasteiger partial charge < -0.3 is 11.1 Å². The lowest BCUT2D eigenvalue weighted by molar-refractivity contribution is 0.458. The van der Waals surface area contributed by atoms with Gasteiger partial charge in [0.25, 0.3) is 0 Å². The summed E-state index contributed by atoms with van der Waals surface area (Å²) in [7, 11) is 0.